The first kappa shape index (κ1) is 14.8. The number of aromatic nitrogens is 1. The highest BCUT2D eigenvalue weighted by Gasteiger charge is 2.20. The number of allylic oxidation sites excluding steroid dienone is 4. The molecule has 4 nitrogen and oxygen atoms in total. The summed E-state index contributed by atoms with van der Waals surface area (Å²) >= 11 is 4.61. The van der Waals surface area contributed by atoms with Crippen LogP contribution in [0, 0.1) is 0 Å². The number of ether oxygens (including phenoxy) is 1. The molecule has 2 aliphatic rings. The van der Waals surface area contributed by atoms with Crippen LogP contribution in [0.2, 0.25) is 0 Å². The van der Waals surface area contributed by atoms with Crippen molar-refractivity contribution in [1.82, 2.24) is 4.57 Å². The van der Waals surface area contributed by atoms with Gasteiger partial charge in [0.15, 0.2) is 0 Å². The molecule has 118 valence electrons. The van der Waals surface area contributed by atoms with Crippen LogP contribution in [0.4, 0.5) is 0 Å². The molecule has 5 heteroatoms. The zero-order chi connectivity index (χ0) is 16.5. The maximum absolute atomic E-state index is 5.24. The summed E-state index contributed by atoms with van der Waals surface area (Å²) in [4.78, 5) is 8.95. The minimum atomic E-state index is 0.821. The van der Waals surface area contributed by atoms with Crippen LogP contribution in [-0.2, 0) is 0 Å². The molecule has 1 aromatic carbocycles. The van der Waals surface area contributed by atoms with Crippen LogP contribution in [0.1, 0.15) is 5.69 Å². The van der Waals surface area contributed by atoms with Crippen molar-refractivity contribution in [1.29, 1.82) is 0 Å². The Balaban J connectivity index is 1.82. The molecule has 0 saturated carbocycles. The van der Waals surface area contributed by atoms with E-state index >= 15 is 0 Å². The fourth-order valence-electron chi connectivity index (χ4n) is 2.82. The number of rotatable bonds is 3. The third-order valence-corrected chi connectivity index (χ3v) is 4.31. The van der Waals surface area contributed by atoms with E-state index in [9.17, 15) is 0 Å². The molecule has 0 aliphatic carbocycles. The van der Waals surface area contributed by atoms with E-state index in [1.165, 1.54) is 0 Å². The number of hydrogen-bond acceptors (Lipinski definition) is 4. The monoisotopic (exact) mass is 333 g/mol. The lowest BCUT2D eigenvalue weighted by atomic mass is 10.1. The van der Waals surface area contributed by atoms with Crippen LogP contribution >= 0.6 is 12.6 Å². The van der Waals surface area contributed by atoms with Gasteiger partial charge >= 0.3 is 0 Å². The molecule has 0 saturated heterocycles. The smallest absolute Gasteiger partial charge is 0.119 e. The molecule has 2 aromatic rings. The number of aliphatic imine (C=N–C) groups is 2. The van der Waals surface area contributed by atoms with Crippen LogP contribution < -0.4 is 4.74 Å². The Bertz CT molecular complexity index is 929. The Morgan fingerprint density at radius 3 is 2.58 bits per heavy atom. The molecule has 0 fully saturated rings. The summed E-state index contributed by atoms with van der Waals surface area (Å²) in [6.45, 7) is 0. The Kier molecular flexibility index (Phi) is 3.70. The molecule has 0 amide bonds. The molecule has 2 aliphatic heterocycles. The van der Waals surface area contributed by atoms with E-state index in [0.717, 1.165) is 39.1 Å². The SMILES string of the molecule is COc1ccc(-n2c(S)ccc2C2=NC=CC2=C2C=CC=N2)cc1. The molecule has 4 rings (SSSR count). The quantitative estimate of drug-likeness (QED) is 0.848. The molecule has 0 unspecified atom stereocenters. The third-order valence-electron chi connectivity index (χ3n) is 3.96. The molecule has 3 heterocycles. The fraction of sp³-hybridized carbons (Fsp3) is 0.0526. The first-order valence-corrected chi connectivity index (χ1v) is 7.98. The Hall–Kier alpha value is -2.79. The van der Waals surface area contributed by atoms with Gasteiger partial charge in [0, 0.05) is 23.7 Å². The molecule has 0 atom stereocenters. The van der Waals surface area contributed by atoms with Crippen LogP contribution in [0.15, 0.2) is 87.1 Å². The van der Waals surface area contributed by atoms with Crippen molar-refractivity contribution in [3.8, 4) is 11.4 Å². The van der Waals surface area contributed by atoms with Gasteiger partial charge in [0.05, 0.1) is 29.2 Å². The molecular weight excluding hydrogens is 318 g/mol. The van der Waals surface area contributed by atoms with Gasteiger partial charge in [-0.15, -0.1) is 12.6 Å². The largest absolute Gasteiger partial charge is 0.497 e. The van der Waals surface area contributed by atoms with Crippen molar-refractivity contribution in [3.05, 3.63) is 77.8 Å². The van der Waals surface area contributed by atoms with Gasteiger partial charge in [-0.25, -0.2) is 0 Å². The number of thiol groups is 1. The van der Waals surface area contributed by atoms with Gasteiger partial charge in [0.2, 0.25) is 0 Å². The lowest BCUT2D eigenvalue weighted by molar-refractivity contribution is 0.414. The van der Waals surface area contributed by atoms with Crippen molar-refractivity contribution in [2.45, 2.75) is 5.03 Å². The van der Waals surface area contributed by atoms with Crippen molar-refractivity contribution < 1.29 is 4.74 Å². The van der Waals surface area contributed by atoms with Crippen molar-refractivity contribution >= 4 is 24.6 Å². The number of hydrogen-bond donors (Lipinski definition) is 1. The second kappa shape index (κ2) is 6.02. The van der Waals surface area contributed by atoms with Gasteiger partial charge in [-0.05, 0) is 54.6 Å². The molecule has 1 aromatic heterocycles. The molecule has 0 N–H and O–H groups in total. The van der Waals surface area contributed by atoms with E-state index in [1.54, 1.807) is 13.3 Å². The molecule has 24 heavy (non-hydrogen) atoms. The summed E-state index contributed by atoms with van der Waals surface area (Å²) in [6, 6.07) is 11.9. The topological polar surface area (TPSA) is 38.9 Å². The van der Waals surface area contributed by atoms with Gasteiger partial charge in [0.25, 0.3) is 0 Å². The first-order chi connectivity index (χ1) is 11.8. The molecule has 0 bridgehead atoms. The summed E-state index contributed by atoms with van der Waals surface area (Å²) < 4.78 is 7.31. The molecular formula is C19H15N3OS. The van der Waals surface area contributed by atoms with E-state index in [0.29, 0.717) is 0 Å². The second-order valence-corrected chi connectivity index (χ2v) is 5.80. The normalized spacial score (nSPS) is 18.5. The van der Waals surface area contributed by atoms with Crippen molar-refractivity contribution in [2.24, 2.45) is 9.98 Å². The number of benzene rings is 1. The van der Waals surface area contributed by atoms with Crippen molar-refractivity contribution in [3.63, 3.8) is 0 Å². The van der Waals surface area contributed by atoms with Gasteiger partial charge in [0.1, 0.15) is 5.75 Å². The van der Waals surface area contributed by atoms with Crippen molar-refractivity contribution in [2.75, 3.05) is 7.11 Å². The van der Waals surface area contributed by atoms with Crippen LogP contribution in [0.5, 0.6) is 5.75 Å². The highest BCUT2D eigenvalue weighted by Crippen LogP contribution is 2.28. The molecule has 0 radical (unpaired) electrons. The average Bonchev–Trinajstić information content (AvgIpc) is 3.34. The van der Waals surface area contributed by atoms with E-state index in [4.69, 9.17) is 4.74 Å². The van der Waals surface area contributed by atoms with E-state index in [1.807, 2.05) is 60.8 Å². The predicted octanol–water partition coefficient (Wildman–Crippen LogP) is 3.99. The highest BCUT2D eigenvalue weighted by molar-refractivity contribution is 7.80. The lowest BCUT2D eigenvalue weighted by Gasteiger charge is -2.13. The van der Waals surface area contributed by atoms with Gasteiger partial charge in [-0.1, -0.05) is 0 Å². The fourth-order valence-corrected chi connectivity index (χ4v) is 3.12. The van der Waals surface area contributed by atoms with Crippen LogP contribution in [-0.4, -0.2) is 23.6 Å². The number of nitrogens with zero attached hydrogens (tertiary/aromatic N) is 3. The van der Waals surface area contributed by atoms with Gasteiger partial charge < -0.3 is 9.30 Å². The lowest BCUT2D eigenvalue weighted by Crippen LogP contribution is -2.10. The Morgan fingerprint density at radius 1 is 1.04 bits per heavy atom. The zero-order valence-corrected chi connectivity index (χ0v) is 13.9. The molecule has 0 spiro atoms. The third kappa shape index (κ3) is 2.43. The minimum Gasteiger partial charge on any atom is -0.497 e. The Morgan fingerprint density at radius 2 is 1.88 bits per heavy atom. The van der Waals surface area contributed by atoms with E-state index < -0.39 is 0 Å². The summed E-state index contributed by atoms with van der Waals surface area (Å²) in [5.41, 5.74) is 4.81. The maximum Gasteiger partial charge on any atom is 0.119 e. The highest BCUT2D eigenvalue weighted by atomic mass is 32.1. The van der Waals surface area contributed by atoms with Crippen LogP contribution in [0.3, 0.4) is 0 Å². The van der Waals surface area contributed by atoms with E-state index in [2.05, 4.69) is 27.2 Å². The zero-order valence-electron chi connectivity index (χ0n) is 13.0. The number of methoxy groups -OCH3 is 1. The summed E-state index contributed by atoms with van der Waals surface area (Å²) in [6.07, 6.45) is 9.50. The summed E-state index contributed by atoms with van der Waals surface area (Å²) in [7, 11) is 1.66. The average molecular weight is 333 g/mol. The summed E-state index contributed by atoms with van der Waals surface area (Å²) in [5.74, 6) is 0.821. The van der Waals surface area contributed by atoms with Crippen LogP contribution in [0.25, 0.3) is 5.69 Å². The second-order valence-electron chi connectivity index (χ2n) is 5.34. The minimum absolute atomic E-state index is 0.821. The van der Waals surface area contributed by atoms with Gasteiger partial charge in [-0.3, -0.25) is 9.98 Å². The Labute approximate surface area is 145 Å². The van der Waals surface area contributed by atoms with Gasteiger partial charge in [-0.2, -0.15) is 0 Å². The predicted molar refractivity (Wildman–Crippen MR) is 99.9 cm³/mol. The standard InChI is InChI=1S/C19H15N3OS/c1-23-14-6-4-13(5-7-14)22-17(8-9-18(22)24)19-15(10-12-21-19)16-3-2-11-20-16/h2-12,24H,1H3. The maximum atomic E-state index is 5.24. The van der Waals surface area contributed by atoms with E-state index in [-0.39, 0.29) is 0 Å². The summed E-state index contributed by atoms with van der Waals surface area (Å²) in [5, 5.41) is 0.847. The first-order valence-electron chi connectivity index (χ1n) is 7.53.